The number of nitrogens with zero attached hydrogens (tertiary/aromatic N) is 3. The number of ether oxygens (including phenoxy) is 1. The number of carbonyl (C=O) groups excluding carboxylic acids is 1. The normalized spacial score (nSPS) is 10.5. The maximum absolute atomic E-state index is 13.9. The Morgan fingerprint density at radius 3 is 2.65 bits per heavy atom. The third kappa shape index (κ3) is 3.34. The number of methoxy groups -OCH3 is 1. The summed E-state index contributed by atoms with van der Waals surface area (Å²) < 4.78 is 24.6. The Hall–Kier alpha value is -3.42. The van der Waals surface area contributed by atoms with E-state index < -0.39 is 11.7 Å². The van der Waals surface area contributed by atoms with Gasteiger partial charge in [-0.2, -0.15) is 4.98 Å². The Balaban J connectivity index is 1.90. The van der Waals surface area contributed by atoms with Crippen molar-refractivity contribution in [2.45, 2.75) is 0 Å². The molecule has 0 atom stereocenters. The number of furan rings is 1. The van der Waals surface area contributed by atoms with E-state index in [1.165, 1.54) is 25.6 Å². The molecule has 0 fully saturated rings. The van der Waals surface area contributed by atoms with Crippen LogP contribution in [0.1, 0.15) is 10.6 Å². The molecule has 1 amide bonds. The standard InChI is InChI=1S/C18H17FN4O3/c1-23(2)16-15(18(25-3)21-10-20-16)22-17(24)14-9-8-13(26-14)11-6-4-5-7-12(11)19/h4-10H,1-3H3,(H,22,24). The summed E-state index contributed by atoms with van der Waals surface area (Å²) in [5, 5.41) is 2.69. The second kappa shape index (κ2) is 7.22. The Labute approximate surface area is 149 Å². The number of hydrogen-bond acceptors (Lipinski definition) is 6. The van der Waals surface area contributed by atoms with Crippen molar-refractivity contribution in [2.24, 2.45) is 0 Å². The Bertz CT molecular complexity index is 940. The first-order valence-corrected chi connectivity index (χ1v) is 7.73. The highest BCUT2D eigenvalue weighted by Crippen LogP contribution is 2.31. The first-order valence-electron chi connectivity index (χ1n) is 7.73. The van der Waals surface area contributed by atoms with Gasteiger partial charge in [-0.15, -0.1) is 0 Å². The third-order valence-electron chi connectivity index (χ3n) is 3.62. The van der Waals surface area contributed by atoms with Crippen LogP contribution in [0, 0.1) is 5.82 Å². The first kappa shape index (κ1) is 17.4. The SMILES string of the molecule is COc1ncnc(N(C)C)c1NC(=O)c1ccc(-c2ccccc2F)o1. The van der Waals surface area contributed by atoms with Crippen LogP contribution in [0.5, 0.6) is 5.88 Å². The lowest BCUT2D eigenvalue weighted by molar-refractivity contribution is 0.0997. The second-order valence-electron chi connectivity index (χ2n) is 5.57. The predicted octanol–water partition coefficient (Wildman–Crippen LogP) is 3.20. The molecule has 26 heavy (non-hydrogen) atoms. The van der Waals surface area contributed by atoms with Crippen molar-refractivity contribution >= 4 is 17.4 Å². The van der Waals surface area contributed by atoms with E-state index in [0.717, 1.165) is 0 Å². The molecule has 3 aromatic rings. The van der Waals surface area contributed by atoms with Crippen LogP contribution in [0.15, 0.2) is 47.1 Å². The van der Waals surface area contributed by atoms with Gasteiger partial charge >= 0.3 is 0 Å². The van der Waals surface area contributed by atoms with Gasteiger partial charge in [-0.3, -0.25) is 4.79 Å². The maximum Gasteiger partial charge on any atom is 0.291 e. The van der Waals surface area contributed by atoms with Gasteiger partial charge in [0.2, 0.25) is 5.88 Å². The topological polar surface area (TPSA) is 80.5 Å². The summed E-state index contributed by atoms with van der Waals surface area (Å²) in [4.78, 5) is 22.4. The zero-order valence-electron chi connectivity index (χ0n) is 14.5. The van der Waals surface area contributed by atoms with Crippen LogP contribution in [0.4, 0.5) is 15.9 Å². The summed E-state index contributed by atoms with van der Waals surface area (Å²) in [5.74, 6) is 0.0332. The lowest BCUT2D eigenvalue weighted by Crippen LogP contribution is -2.18. The Morgan fingerprint density at radius 2 is 1.96 bits per heavy atom. The number of anilines is 2. The van der Waals surface area contributed by atoms with E-state index >= 15 is 0 Å². The number of aromatic nitrogens is 2. The molecule has 2 aromatic heterocycles. The molecule has 3 rings (SSSR count). The second-order valence-corrected chi connectivity index (χ2v) is 5.57. The van der Waals surface area contributed by atoms with Gasteiger partial charge in [0.1, 0.15) is 23.6 Å². The molecule has 7 nitrogen and oxygen atoms in total. The van der Waals surface area contributed by atoms with Crippen LogP contribution in [0.25, 0.3) is 11.3 Å². The van der Waals surface area contributed by atoms with Gasteiger partial charge in [-0.05, 0) is 24.3 Å². The highest BCUT2D eigenvalue weighted by Gasteiger charge is 2.20. The molecule has 0 aliphatic heterocycles. The van der Waals surface area contributed by atoms with Crippen LogP contribution >= 0.6 is 0 Å². The van der Waals surface area contributed by atoms with Gasteiger partial charge in [-0.25, -0.2) is 9.37 Å². The number of nitrogens with one attached hydrogen (secondary N) is 1. The van der Waals surface area contributed by atoms with Gasteiger partial charge in [0.15, 0.2) is 11.6 Å². The fourth-order valence-electron chi connectivity index (χ4n) is 2.40. The predicted molar refractivity (Wildman–Crippen MR) is 95.0 cm³/mol. The largest absolute Gasteiger partial charge is 0.479 e. The number of rotatable bonds is 5. The number of halogens is 1. The van der Waals surface area contributed by atoms with Crippen molar-refractivity contribution in [3.8, 4) is 17.2 Å². The van der Waals surface area contributed by atoms with Crippen LogP contribution in [-0.2, 0) is 0 Å². The number of hydrogen-bond donors (Lipinski definition) is 1. The summed E-state index contributed by atoms with van der Waals surface area (Å²) in [6.45, 7) is 0. The van der Waals surface area contributed by atoms with Crippen molar-refractivity contribution in [3.63, 3.8) is 0 Å². The average molecular weight is 356 g/mol. The molecule has 0 spiro atoms. The monoisotopic (exact) mass is 356 g/mol. The summed E-state index contributed by atoms with van der Waals surface area (Å²) in [5.41, 5.74) is 0.593. The molecule has 134 valence electrons. The van der Waals surface area contributed by atoms with E-state index in [-0.39, 0.29) is 23.0 Å². The van der Waals surface area contributed by atoms with Crippen LogP contribution in [-0.4, -0.2) is 37.1 Å². The lowest BCUT2D eigenvalue weighted by Gasteiger charge is -2.17. The Kier molecular flexibility index (Phi) is 4.83. The minimum Gasteiger partial charge on any atom is -0.479 e. The van der Waals surface area contributed by atoms with Crippen molar-refractivity contribution in [2.75, 3.05) is 31.4 Å². The van der Waals surface area contributed by atoms with Crippen molar-refractivity contribution < 1.29 is 18.3 Å². The quantitative estimate of drug-likeness (QED) is 0.756. The summed E-state index contributed by atoms with van der Waals surface area (Å²) >= 11 is 0. The molecule has 0 unspecified atom stereocenters. The molecule has 8 heteroatoms. The molecule has 0 aliphatic carbocycles. The minimum absolute atomic E-state index is 0.0267. The number of benzene rings is 1. The maximum atomic E-state index is 13.9. The number of amides is 1. The minimum atomic E-state index is -0.524. The zero-order chi connectivity index (χ0) is 18.7. The van der Waals surface area contributed by atoms with Gasteiger partial charge < -0.3 is 19.4 Å². The number of carbonyl (C=O) groups is 1. The molecular weight excluding hydrogens is 339 g/mol. The van der Waals surface area contributed by atoms with E-state index in [4.69, 9.17) is 9.15 Å². The zero-order valence-corrected chi connectivity index (χ0v) is 14.5. The van der Waals surface area contributed by atoms with Crippen molar-refractivity contribution in [1.29, 1.82) is 0 Å². The molecule has 0 radical (unpaired) electrons. The average Bonchev–Trinajstić information content (AvgIpc) is 3.12. The third-order valence-corrected chi connectivity index (χ3v) is 3.62. The molecule has 0 saturated heterocycles. The van der Waals surface area contributed by atoms with Gasteiger partial charge in [0.25, 0.3) is 5.91 Å². The van der Waals surface area contributed by atoms with Crippen LogP contribution in [0.2, 0.25) is 0 Å². The van der Waals surface area contributed by atoms with Crippen molar-refractivity contribution in [3.05, 3.63) is 54.3 Å². The van der Waals surface area contributed by atoms with Gasteiger partial charge in [-0.1, -0.05) is 12.1 Å². The summed E-state index contributed by atoms with van der Waals surface area (Å²) in [7, 11) is 5.00. The molecular formula is C18H17FN4O3. The van der Waals surface area contributed by atoms with E-state index in [1.54, 1.807) is 43.3 Å². The van der Waals surface area contributed by atoms with Gasteiger partial charge in [0.05, 0.1) is 12.7 Å². The fraction of sp³-hybridized carbons (Fsp3) is 0.167. The summed E-state index contributed by atoms with van der Waals surface area (Å²) in [6.07, 6.45) is 1.34. The molecule has 2 heterocycles. The molecule has 1 aromatic carbocycles. The van der Waals surface area contributed by atoms with E-state index in [9.17, 15) is 9.18 Å². The molecule has 0 aliphatic rings. The van der Waals surface area contributed by atoms with Crippen LogP contribution in [0.3, 0.4) is 0 Å². The van der Waals surface area contributed by atoms with E-state index in [2.05, 4.69) is 15.3 Å². The van der Waals surface area contributed by atoms with E-state index in [0.29, 0.717) is 11.5 Å². The molecule has 1 N–H and O–H groups in total. The van der Waals surface area contributed by atoms with Crippen molar-refractivity contribution in [1.82, 2.24) is 9.97 Å². The lowest BCUT2D eigenvalue weighted by atomic mass is 10.1. The molecule has 0 bridgehead atoms. The molecule has 0 saturated carbocycles. The fourth-order valence-corrected chi connectivity index (χ4v) is 2.40. The Morgan fingerprint density at radius 1 is 1.19 bits per heavy atom. The van der Waals surface area contributed by atoms with Gasteiger partial charge in [0, 0.05) is 14.1 Å². The van der Waals surface area contributed by atoms with Crippen LogP contribution < -0.4 is 15.0 Å². The highest BCUT2D eigenvalue weighted by atomic mass is 19.1. The van der Waals surface area contributed by atoms with E-state index in [1.807, 2.05) is 0 Å². The smallest absolute Gasteiger partial charge is 0.291 e. The highest BCUT2D eigenvalue weighted by molar-refractivity contribution is 6.05. The summed E-state index contributed by atoms with van der Waals surface area (Å²) in [6, 6.07) is 9.19. The first-order chi connectivity index (χ1) is 12.5.